The first kappa shape index (κ1) is 12.5. The molecule has 4 rings (SSSR count). The van der Waals surface area contributed by atoms with Crippen LogP contribution in [0.1, 0.15) is 19.3 Å². The van der Waals surface area contributed by atoms with Crippen molar-refractivity contribution in [2.24, 2.45) is 0 Å². The molecule has 0 radical (unpaired) electrons. The highest BCUT2D eigenvalue weighted by Crippen LogP contribution is 2.30. The van der Waals surface area contributed by atoms with Crippen molar-refractivity contribution in [2.45, 2.75) is 31.0 Å². The zero-order chi connectivity index (χ0) is 14.4. The SMILES string of the molecule is O=C(NC1CC1)C1(F)CCN(c2ccc3nncn3n2)C1. The van der Waals surface area contributed by atoms with Gasteiger partial charge in [-0.3, -0.25) is 4.79 Å². The fourth-order valence-corrected chi connectivity index (χ4v) is 2.58. The molecule has 21 heavy (non-hydrogen) atoms. The van der Waals surface area contributed by atoms with Crippen LogP contribution in [0.4, 0.5) is 10.2 Å². The Labute approximate surface area is 120 Å². The summed E-state index contributed by atoms with van der Waals surface area (Å²) >= 11 is 0. The van der Waals surface area contributed by atoms with Crippen molar-refractivity contribution in [3.05, 3.63) is 18.5 Å². The van der Waals surface area contributed by atoms with Gasteiger partial charge in [0.1, 0.15) is 12.1 Å². The summed E-state index contributed by atoms with van der Waals surface area (Å²) in [6.07, 6.45) is 3.60. The van der Waals surface area contributed by atoms with Crippen molar-refractivity contribution < 1.29 is 9.18 Å². The number of fused-ring (bicyclic) bond motifs is 1. The molecule has 3 heterocycles. The van der Waals surface area contributed by atoms with Crippen LogP contribution in [0.2, 0.25) is 0 Å². The summed E-state index contributed by atoms with van der Waals surface area (Å²) in [7, 11) is 0. The number of aromatic nitrogens is 4. The molecule has 1 saturated heterocycles. The Balaban J connectivity index is 1.52. The van der Waals surface area contributed by atoms with Gasteiger partial charge in [0.05, 0.1) is 6.54 Å². The maximum absolute atomic E-state index is 14.8. The zero-order valence-corrected chi connectivity index (χ0v) is 11.4. The van der Waals surface area contributed by atoms with Gasteiger partial charge in [-0.15, -0.1) is 15.3 Å². The molecule has 1 N–H and O–H groups in total. The van der Waals surface area contributed by atoms with Gasteiger partial charge in [-0.2, -0.15) is 4.52 Å². The lowest BCUT2D eigenvalue weighted by Crippen LogP contribution is -2.46. The first-order chi connectivity index (χ1) is 10.1. The summed E-state index contributed by atoms with van der Waals surface area (Å²) < 4.78 is 16.3. The number of nitrogens with one attached hydrogen (secondary N) is 1. The predicted octanol–water partition coefficient (Wildman–Crippen LogP) is 0.321. The second-order valence-corrected chi connectivity index (χ2v) is 5.71. The maximum atomic E-state index is 14.8. The van der Waals surface area contributed by atoms with Crippen LogP contribution in [-0.2, 0) is 4.79 Å². The molecule has 2 aliphatic rings. The van der Waals surface area contributed by atoms with Gasteiger partial charge < -0.3 is 10.2 Å². The average Bonchev–Trinajstić information content (AvgIpc) is 3.02. The molecule has 2 fully saturated rings. The predicted molar refractivity (Wildman–Crippen MR) is 72.6 cm³/mol. The third kappa shape index (κ3) is 2.20. The quantitative estimate of drug-likeness (QED) is 0.881. The third-order valence-corrected chi connectivity index (χ3v) is 4.01. The number of carbonyl (C=O) groups is 1. The molecular weight excluding hydrogens is 275 g/mol. The molecule has 2 aromatic heterocycles. The van der Waals surface area contributed by atoms with Crippen LogP contribution in [-0.4, -0.2) is 50.5 Å². The van der Waals surface area contributed by atoms with Crippen LogP contribution >= 0.6 is 0 Å². The Morgan fingerprint density at radius 1 is 1.43 bits per heavy atom. The van der Waals surface area contributed by atoms with E-state index in [-0.39, 0.29) is 19.0 Å². The fraction of sp³-hybridized carbons (Fsp3) is 0.538. The van der Waals surface area contributed by atoms with E-state index < -0.39 is 11.6 Å². The first-order valence-electron chi connectivity index (χ1n) is 7.06. The van der Waals surface area contributed by atoms with E-state index in [9.17, 15) is 9.18 Å². The smallest absolute Gasteiger partial charge is 0.259 e. The second-order valence-electron chi connectivity index (χ2n) is 5.71. The van der Waals surface area contributed by atoms with Gasteiger partial charge >= 0.3 is 0 Å². The average molecular weight is 290 g/mol. The number of rotatable bonds is 3. The summed E-state index contributed by atoms with van der Waals surface area (Å²) in [4.78, 5) is 13.8. The number of carbonyl (C=O) groups excluding carboxylic acids is 1. The minimum absolute atomic E-state index is 0.0339. The maximum Gasteiger partial charge on any atom is 0.259 e. The van der Waals surface area contributed by atoms with Crippen molar-refractivity contribution in [3.63, 3.8) is 0 Å². The number of hydrogen-bond acceptors (Lipinski definition) is 5. The van der Waals surface area contributed by atoms with Crippen LogP contribution in [0.5, 0.6) is 0 Å². The lowest BCUT2D eigenvalue weighted by Gasteiger charge is -2.20. The van der Waals surface area contributed by atoms with Crippen molar-refractivity contribution in [1.29, 1.82) is 0 Å². The monoisotopic (exact) mass is 290 g/mol. The lowest BCUT2D eigenvalue weighted by atomic mass is 10.1. The number of hydrogen-bond donors (Lipinski definition) is 1. The molecule has 1 atom stereocenters. The van der Waals surface area contributed by atoms with Gasteiger partial charge in [-0.1, -0.05) is 0 Å². The Kier molecular flexibility index (Phi) is 2.60. The summed E-state index contributed by atoms with van der Waals surface area (Å²) in [6, 6.07) is 3.72. The molecule has 110 valence electrons. The summed E-state index contributed by atoms with van der Waals surface area (Å²) in [5.74, 6) is 0.138. The van der Waals surface area contributed by atoms with E-state index >= 15 is 0 Å². The Morgan fingerprint density at radius 3 is 3.10 bits per heavy atom. The van der Waals surface area contributed by atoms with Crippen molar-refractivity contribution in [1.82, 2.24) is 25.1 Å². The van der Waals surface area contributed by atoms with Crippen LogP contribution in [0.25, 0.3) is 5.65 Å². The Hall–Kier alpha value is -2.25. The highest BCUT2D eigenvalue weighted by Gasteiger charge is 2.47. The Bertz CT molecular complexity index is 699. The van der Waals surface area contributed by atoms with Gasteiger partial charge in [0.15, 0.2) is 5.65 Å². The second kappa shape index (κ2) is 4.37. The number of anilines is 1. The van der Waals surface area contributed by atoms with E-state index in [0.29, 0.717) is 18.0 Å². The van der Waals surface area contributed by atoms with E-state index in [4.69, 9.17) is 0 Å². The van der Waals surface area contributed by atoms with Gasteiger partial charge in [-0.05, 0) is 25.0 Å². The van der Waals surface area contributed by atoms with Crippen LogP contribution in [0, 0.1) is 0 Å². The third-order valence-electron chi connectivity index (χ3n) is 4.01. The molecule has 0 bridgehead atoms. The molecule has 2 aromatic rings. The highest BCUT2D eigenvalue weighted by molar-refractivity contribution is 5.87. The molecule has 1 unspecified atom stereocenters. The van der Waals surface area contributed by atoms with Crippen molar-refractivity contribution in [2.75, 3.05) is 18.0 Å². The van der Waals surface area contributed by atoms with Crippen molar-refractivity contribution in [3.8, 4) is 0 Å². The standard InChI is InChI=1S/C13H15FN6O/c14-13(12(21)16-9-1-2-9)5-6-19(7-13)11-4-3-10-17-15-8-20(10)18-11/h3-4,8-9H,1-2,5-7H2,(H,16,21). The summed E-state index contributed by atoms with van der Waals surface area (Å²) in [6.45, 7) is 0.501. The molecule has 0 aromatic carbocycles. The van der Waals surface area contributed by atoms with E-state index in [0.717, 1.165) is 12.8 Å². The molecule has 0 spiro atoms. The van der Waals surface area contributed by atoms with Gasteiger partial charge in [-0.25, -0.2) is 4.39 Å². The molecule has 1 aliphatic carbocycles. The fourth-order valence-electron chi connectivity index (χ4n) is 2.58. The number of halogens is 1. The minimum atomic E-state index is -1.83. The van der Waals surface area contributed by atoms with E-state index in [2.05, 4.69) is 20.6 Å². The van der Waals surface area contributed by atoms with E-state index in [1.165, 1.54) is 10.8 Å². The highest BCUT2D eigenvalue weighted by atomic mass is 19.1. The van der Waals surface area contributed by atoms with Gasteiger partial charge in [0.2, 0.25) is 5.67 Å². The molecule has 8 heteroatoms. The molecule has 1 amide bonds. The minimum Gasteiger partial charge on any atom is -0.351 e. The number of amides is 1. The topological polar surface area (TPSA) is 75.4 Å². The molecular formula is C13H15FN6O. The van der Waals surface area contributed by atoms with E-state index in [1.807, 2.05) is 0 Å². The summed E-state index contributed by atoms with van der Waals surface area (Å²) in [5, 5.41) is 14.7. The largest absolute Gasteiger partial charge is 0.351 e. The number of nitrogens with zero attached hydrogens (tertiary/aromatic N) is 5. The van der Waals surface area contributed by atoms with Crippen LogP contribution in [0.3, 0.4) is 0 Å². The Morgan fingerprint density at radius 2 is 2.29 bits per heavy atom. The molecule has 1 aliphatic heterocycles. The number of alkyl halides is 1. The zero-order valence-electron chi connectivity index (χ0n) is 11.4. The molecule has 7 nitrogen and oxygen atoms in total. The molecule has 1 saturated carbocycles. The summed E-state index contributed by atoms with van der Waals surface area (Å²) in [5.41, 5.74) is -1.19. The van der Waals surface area contributed by atoms with Crippen LogP contribution in [0.15, 0.2) is 18.5 Å². The van der Waals surface area contributed by atoms with Gasteiger partial charge in [0, 0.05) is 19.0 Å². The van der Waals surface area contributed by atoms with E-state index in [1.54, 1.807) is 17.0 Å². The normalized spacial score (nSPS) is 25.5. The van der Waals surface area contributed by atoms with Crippen molar-refractivity contribution >= 4 is 17.4 Å². The van der Waals surface area contributed by atoms with Gasteiger partial charge in [0.25, 0.3) is 5.91 Å². The lowest BCUT2D eigenvalue weighted by molar-refractivity contribution is -0.131. The first-order valence-corrected chi connectivity index (χ1v) is 7.06. The van der Waals surface area contributed by atoms with Crippen LogP contribution < -0.4 is 10.2 Å².